The Hall–Kier alpha value is -4.14. The van der Waals surface area contributed by atoms with Crippen LogP contribution in [0, 0.1) is 10.1 Å². The molecule has 9 nitrogen and oxygen atoms in total. The van der Waals surface area contributed by atoms with Crippen molar-refractivity contribution in [2.24, 2.45) is 0 Å². The maximum Gasteiger partial charge on any atom is 0.305 e. The molecule has 0 aliphatic carbocycles. The highest BCUT2D eigenvalue weighted by Crippen LogP contribution is 2.14. The standard InChI is InChI=1S/C19H15N3O6/c23-18(13-5-4-6-14(11-13)22(25)26)20-21-19(24)17-10-9-16(28-17)12-27-15-7-2-1-3-8-15/h1-11H,12H2,(H,20,23)(H,21,24). The number of hydrogen-bond acceptors (Lipinski definition) is 6. The van der Waals surface area contributed by atoms with E-state index >= 15 is 0 Å². The molecule has 2 N–H and O–H groups in total. The van der Waals surface area contributed by atoms with Crippen molar-refractivity contribution in [3.63, 3.8) is 0 Å². The van der Waals surface area contributed by atoms with E-state index in [1.165, 1.54) is 24.3 Å². The Morgan fingerprint density at radius 2 is 1.71 bits per heavy atom. The van der Waals surface area contributed by atoms with Crippen molar-refractivity contribution in [3.05, 3.63) is 93.9 Å². The van der Waals surface area contributed by atoms with Crippen LogP contribution in [0.3, 0.4) is 0 Å². The average molecular weight is 381 g/mol. The summed E-state index contributed by atoms with van der Waals surface area (Å²) in [5, 5.41) is 10.8. The second-order valence-corrected chi connectivity index (χ2v) is 5.58. The van der Waals surface area contributed by atoms with Crippen LogP contribution in [-0.2, 0) is 6.61 Å². The number of nitrogens with one attached hydrogen (secondary N) is 2. The zero-order chi connectivity index (χ0) is 19.9. The predicted molar refractivity (Wildman–Crippen MR) is 97.5 cm³/mol. The minimum absolute atomic E-state index is 0.0222. The zero-order valence-electron chi connectivity index (χ0n) is 14.5. The molecule has 2 amide bonds. The molecule has 0 saturated carbocycles. The number of amides is 2. The van der Waals surface area contributed by atoms with Crippen molar-refractivity contribution in [2.45, 2.75) is 6.61 Å². The highest BCUT2D eigenvalue weighted by molar-refractivity contribution is 5.98. The fourth-order valence-electron chi connectivity index (χ4n) is 2.26. The van der Waals surface area contributed by atoms with E-state index in [1.807, 2.05) is 18.2 Å². The first kappa shape index (κ1) is 18.6. The number of nitrogens with zero attached hydrogens (tertiary/aromatic N) is 1. The Kier molecular flexibility index (Phi) is 5.66. The minimum Gasteiger partial charge on any atom is -0.486 e. The number of non-ortho nitro benzene ring substituents is 1. The molecule has 0 saturated heterocycles. The molecular formula is C19H15N3O6. The van der Waals surface area contributed by atoms with Gasteiger partial charge in [0.2, 0.25) is 0 Å². The van der Waals surface area contributed by atoms with Crippen molar-refractivity contribution in [1.29, 1.82) is 0 Å². The summed E-state index contributed by atoms with van der Waals surface area (Å²) in [6, 6.07) is 17.3. The van der Waals surface area contributed by atoms with E-state index in [-0.39, 0.29) is 23.6 Å². The molecule has 1 heterocycles. The number of hydrazine groups is 1. The van der Waals surface area contributed by atoms with Gasteiger partial charge in [0.1, 0.15) is 18.1 Å². The van der Waals surface area contributed by atoms with Crippen molar-refractivity contribution in [3.8, 4) is 5.75 Å². The molecule has 142 valence electrons. The van der Waals surface area contributed by atoms with Gasteiger partial charge in [0.05, 0.1) is 4.92 Å². The quantitative estimate of drug-likeness (QED) is 0.500. The molecule has 0 spiro atoms. The van der Waals surface area contributed by atoms with E-state index in [9.17, 15) is 19.7 Å². The van der Waals surface area contributed by atoms with Crippen LogP contribution < -0.4 is 15.6 Å². The summed E-state index contributed by atoms with van der Waals surface area (Å²) in [4.78, 5) is 34.2. The number of carbonyl (C=O) groups excluding carboxylic acids is 2. The van der Waals surface area contributed by atoms with Gasteiger partial charge in [-0.1, -0.05) is 24.3 Å². The highest BCUT2D eigenvalue weighted by atomic mass is 16.6. The summed E-state index contributed by atoms with van der Waals surface area (Å²) >= 11 is 0. The van der Waals surface area contributed by atoms with E-state index < -0.39 is 16.7 Å². The van der Waals surface area contributed by atoms with Crippen LogP contribution in [0.5, 0.6) is 5.75 Å². The molecule has 28 heavy (non-hydrogen) atoms. The van der Waals surface area contributed by atoms with Gasteiger partial charge in [-0.3, -0.25) is 30.6 Å². The van der Waals surface area contributed by atoms with Gasteiger partial charge in [-0.15, -0.1) is 0 Å². The maximum absolute atomic E-state index is 12.1. The maximum atomic E-state index is 12.1. The van der Waals surface area contributed by atoms with Gasteiger partial charge >= 0.3 is 5.91 Å². The number of nitro benzene ring substituents is 1. The first-order valence-corrected chi connectivity index (χ1v) is 8.14. The van der Waals surface area contributed by atoms with Gasteiger partial charge < -0.3 is 9.15 Å². The second-order valence-electron chi connectivity index (χ2n) is 5.58. The molecule has 0 aliphatic heterocycles. The number of carbonyl (C=O) groups is 2. The van der Waals surface area contributed by atoms with Gasteiger partial charge in [0.15, 0.2) is 5.76 Å². The number of nitro groups is 1. The molecule has 3 aromatic rings. The predicted octanol–water partition coefficient (Wildman–Crippen LogP) is 2.84. The van der Waals surface area contributed by atoms with E-state index in [2.05, 4.69) is 10.9 Å². The summed E-state index contributed by atoms with van der Waals surface area (Å²) < 4.78 is 10.9. The molecule has 0 unspecified atom stereocenters. The van der Waals surface area contributed by atoms with Crippen LogP contribution in [0.2, 0.25) is 0 Å². The Balaban J connectivity index is 1.53. The highest BCUT2D eigenvalue weighted by Gasteiger charge is 2.15. The van der Waals surface area contributed by atoms with Crippen LogP contribution in [-0.4, -0.2) is 16.7 Å². The topological polar surface area (TPSA) is 124 Å². The lowest BCUT2D eigenvalue weighted by atomic mass is 10.2. The molecular weight excluding hydrogens is 366 g/mol. The second kappa shape index (κ2) is 8.49. The Labute approximate surface area is 159 Å². The summed E-state index contributed by atoms with van der Waals surface area (Å²) in [5.74, 6) is -0.305. The van der Waals surface area contributed by atoms with Crippen LogP contribution >= 0.6 is 0 Å². The summed E-state index contributed by atoms with van der Waals surface area (Å²) in [6.45, 7) is 0.136. The normalized spacial score (nSPS) is 10.1. The monoisotopic (exact) mass is 381 g/mol. The number of rotatable bonds is 6. The summed E-state index contributed by atoms with van der Waals surface area (Å²) in [7, 11) is 0. The molecule has 3 rings (SSSR count). The molecule has 0 aliphatic rings. The number of furan rings is 1. The van der Waals surface area contributed by atoms with E-state index in [4.69, 9.17) is 9.15 Å². The lowest BCUT2D eigenvalue weighted by Crippen LogP contribution is -2.41. The number of para-hydroxylation sites is 1. The third-order valence-electron chi connectivity index (χ3n) is 3.62. The van der Waals surface area contributed by atoms with Crippen molar-refractivity contribution in [2.75, 3.05) is 0 Å². The third-order valence-corrected chi connectivity index (χ3v) is 3.62. The third kappa shape index (κ3) is 4.73. The van der Waals surface area contributed by atoms with Crippen molar-refractivity contribution in [1.82, 2.24) is 10.9 Å². The zero-order valence-corrected chi connectivity index (χ0v) is 14.5. The number of hydrogen-bond donors (Lipinski definition) is 2. The fraction of sp³-hybridized carbons (Fsp3) is 0.0526. The fourth-order valence-corrected chi connectivity index (χ4v) is 2.26. The average Bonchev–Trinajstić information content (AvgIpc) is 3.20. The van der Waals surface area contributed by atoms with Crippen molar-refractivity contribution >= 4 is 17.5 Å². The van der Waals surface area contributed by atoms with Crippen LogP contribution in [0.4, 0.5) is 5.69 Å². The molecule has 0 radical (unpaired) electrons. The number of benzene rings is 2. The smallest absolute Gasteiger partial charge is 0.305 e. The first-order chi connectivity index (χ1) is 13.5. The van der Waals surface area contributed by atoms with Gasteiger partial charge in [-0.2, -0.15) is 0 Å². The van der Waals surface area contributed by atoms with Crippen LogP contribution in [0.25, 0.3) is 0 Å². The Morgan fingerprint density at radius 1 is 0.964 bits per heavy atom. The lowest BCUT2D eigenvalue weighted by Gasteiger charge is -2.06. The van der Waals surface area contributed by atoms with Crippen molar-refractivity contribution < 1.29 is 23.7 Å². The summed E-state index contributed by atoms with van der Waals surface area (Å²) in [5.41, 5.74) is 4.17. The largest absolute Gasteiger partial charge is 0.486 e. The van der Waals surface area contributed by atoms with E-state index in [1.54, 1.807) is 18.2 Å². The molecule has 1 aromatic heterocycles. The van der Waals surface area contributed by atoms with Crippen LogP contribution in [0.1, 0.15) is 26.7 Å². The van der Waals surface area contributed by atoms with E-state index in [0.717, 1.165) is 6.07 Å². The number of ether oxygens (including phenoxy) is 1. The van der Waals surface area contributed by atoms with E-state index in [0.29, 0.717) is 11.5 Å². The molecule has 2 aromatic carbocycles. The van der Waals surface area contributed by atoms with Gasteiger partial charge in [0.25, 0.3) is 11.6 Å². The SMILES string of the molecule is O=C(NNC(=O)c1ccc(COc2ccccc2)o1)c1cccc([N+](=O)[O-])c1. The molecule has 0 atom stereocenters. The minimum atomic E-state index is -0.698. The van der Waals surface area contributed by atoms with Crippen LogP contribution in [0.15, 0.2) is 71.1 Å². The summed E-state index contributed by atoms with van der Waals surface area (Å²) in [6.07, 6.45) is 0. The Morgan fingerprint density at radius 3 is 2.46 bits per heavy atom. The molecule has 0 bridgehead atoms. The van der Waals surface area contributed by atoms with Gasteiger partial charge in [-0.05, 0) is 30.3 Å². The van der Waals surface area contributed by atoms with Gasteiger partial charge in [-0.25, -0.2) is 0 Å². The molecule has 0 fully saturated rings. The molecule has 9 heteroatoms. The Bertz CT molecular complexity index is 1000. The lowest BCUT2D eigenvalue weighted by molar-refractivity contribution is -0.384. The van der Waals surface area contributed by atoms with Gasteiger partial charge in [0, 0.05) is 17.7 Å². The first-order valence-electron chi connectivity index (χ1n) is 8.14.